The van der Waals surface area contributed by atoms with Crippen molar-refractivity contribution >= 4 is 23.4 Å². The number of unbranched alkanes of at least 4 members (excludes halogenated alkanes) is 1. The largest absolute Gasteiger partial charge is 0.336 e. The van der Waals surface area contributed by atoms with Crippen LogP contribution in [0.15, 0.2) is 29.4 Å². The summed E-state index contributed by atoms with van der Waals surface area (Å²) < 4.78 is 1.46. The minimum atomic E-state index is -0.0821. The standard InChI is InChI=1S/C17H25N5OS/c1-3-5-7-13-8-10-14(11-9-13)19-16(23)12-24-17-21-20-15(6-4-2)22(17)18/h8-11H,3-7,12,18H2,1-2H3,(H,19,23). The second kappa shape index (κ2) is 9.32. The molecule has 0 fully saturated rings. The molecule has 24 heavy (non-hydrogen) atoms. The van der Waals surface area contributed by atoms with Crippen molar-refractivity contribution in [1.82, 2.24) is 14.9 Å². The summed E-state index contributed by atoms with van der Waals surface area (Å²) >= 11 is 1.29. The Morgan fingerprint density at radius 3 is 2.58 bits per heavy atom. The molecule has 6 nitrogen and oxygen atoms in total. The second-order valence-corrected chi connectivity index (χ2v) is 6.60. The van der Waals surface area contributed by atoms with Crippen LogP contribution >= 0.6 is 11.8 Å². The number of hydrogen-bond acceptors (Lipinski definition) is 5. The van der Waals surface area contributed by atoms with Crippen LogP contribution in [0, 0.1) is 0 Å². The van der Waals surface area contributed by atoms with Crippen LogP contribution in [0.1, 0.15) is 44.5 Å². The lowest BCUT2D eigenvalue weighted by Crippen LogP contribution is -2.17. The summed E-state index contributed by atoms with van der Waals surface area (Å²) in [6.45, 7) is 4.24. The number of nitrogen functional groups attached to an aromatic ring is 1. The molecule has 1 aromatic heterocycles. The minimum Gasteiger partial charge on any atom is -0.336 e. The highest BCUT2D eigenvalue weighted by atomic mass is 32.2. The predicted octanol–water partition coefficient (Wildman–Crippen LogP) is 3.02. The Bertz CT molecular complexity index is 654. The molecular weight excluding hydrogens is 322 g/mol. The predicted molar refractivity (Wildman–Crippen MR) is 98.6 cm³/mol. The van der Waals surface area contributed by atoms with E-state index >= 15 is 0 Å². The first-order chi connectivity index (χ1) is 11.6. The van der Waals surface area contributed by atoms with E-state index in [1.165, 1.54) is 34.8 Å². The zero-order valence-corrected chi connectivity index (χ0v) is 15.1. The van der Waals surface area contributed by atoms with Gasteiger partial charge in [0, 0.05) is 12.1 Å². The monoisotopic (exact) mass is 347 g/mol. The fourth-order valence-electron chi connectivity index (χ4n) is 2.26. The molecule has 3 N–H and O–H groups in total. The van der Waals surface area contributed by atoms with Crippen LogP contribution in [0.3, 0.4) is 0 Å². The van der Waals surface area contributed by atoms with Gasteiger partial charge in [0.25, 0.3) is 0 Å². The van der Waals surface area contributed by atoms with Crippen LogP contribution in [0.2, 0.25) is 0 Å². The van der Waals surface area contributed by atoms with Crippen LogP contribution < -0.4 is 11.2 Å². The molecule has 2 aromatic rings. The van der Waals surface area contributed by atoms with Crippen molar-refractivity contribution in [3.05, 3.63) is 35.7 Å². The van der Waals surface area contributed by atoms with E-state index in [2.05, 4.69) is 41.5 Å². The summed E-state index contributed by atoms with van der Waals surface area (Å²) in [4.78, 5) is 12.1. The molecule has 0 aliphatic rings. The van der Waals surface area contributed by atoms with Crippen LogP contribution in [0.25, 0.3) is 0 Å². The molecule has 0 spiro atoms. The maximum absolute atomic E-state index is 12.1. The lowest BCUT2D eigenvalue weighted by Gasteiger charge is -2.06. The number of nitrogens with one attached hydrogen (secondary N) is 1. The average molecular weight is 347 g/mol. The smallest absolute Gasteiger partial charge is 0.234 e. The van der Waals surface area contributed by atoms with Crippen molar-refractivity contribution in [3.8, 4) is 0 Å². The van der Waals surface area contributed by atoms with Crippen LogP contribution in [0.4, 0.5) is 5.69 Å². The van der Waals surface area contributed by atoms with Crippen molar-refractivity contribution < 1.29 is 4.79 Å². The first-order valence-electron chi connectivity index (χ1n) is 8.35. The molecule has 2 rings (SSSR count). The lowest BCUT2D eigenvalue weighted by molar-refractivity contribution is -0.113. The van der Waals surface area contributed by atoms with Gasteiger partial charge in [0.05, 0.1) is 5.75 Å². The first-order valence-corrected chi connectivity index (χ1v) is 9.33. The van der Waals surface area contributed by atoms with Gasteiger partial charge in [0.15, 0.2) is 5.82 Å². The van der Waals surface area contributed by atoms with Gasteiger partial charge in [-0.05, 0) is 37.0 Å². The Morgan fingerprint density at radius 1 is 1.17 bits per heavy atom. The second-order valence-electron chi connectivity index (χ2n) is 5.66. The summed E-state index contributed by atoms with van der Waals surface area (Å²) in [6.07, 6.45) is 5.17. The fourth-order valence-corrected chi connectivity index (χ4v) is 2.94. The first kappa shape index (κ1) is 18.3. The number of thioether (sulfide) groups is 1. The fraction of sp³-hybridized carbons (Fsp3) is 0.471. The molecule has 0 saturated heterocycles. The van der Waals surface area contributed by atoms with Gasteiger partial charge in [-0.1, -0.05) is 44.2 Å². The molecule has 0 aliphatic carbocycles. The van der Waals surface area contributed by atoms with Crippen molar-refractivity contribution in [2.75, 3.05) is 16.9 Å². The normalized spacial score (nSPS) is 10.8. The molecule has 1 heterocycles. The summed E-state index contributed by atoms with van der Waals surface area (Å²) in [6, 6.07) is 8.01. The molecule has 0 radical (unpaired) electrons. The maximum atomic E-state index is 12.1. The van der Waals surface area contributed by atoms with E-state index in [-0.39, 0.29) is 11.7 Å². The highest BCUT2D eigenvalue weighted by Gasteiger charge is 2.11. The van der Waals surface area contributed by atoms with E-state index in [0.29, 0.717) is 5.16 Å². The van der Waals surface area contributed by atoms with Crippen LogP contribution in [0.5, 0.6) is 0 Å². The van der Waals surface area contributed by atoms with E-state index in [4.69, 9.17) is 5.84 Å². The number of nitrogens with zero attached hydrogens (tertiary/aromatic N) is 3. The average Bonchev–Trinajstić information content (AvgIpc) is 2.93. The third kappa shape index (κ3) is 5.26. The van der Waals surface area contributed by atoms with Gasteiger partial charge in [0.1, 0.15) is 0 Å². The van der Waals surface area contributed by atoms with E-state index in [9.17, 15) is 4.79 Å². The SMILES string of the molecule is CCCCc1ccc(NC(=O)CSc2nnc(CCC)n2N)cc1. The number of anilines is 1. The number of hydrogen-bond donors (Lipinski definition) is 2. The van der Waals surface area contributed by atoms with Crippen molar-refractivity contribution in [1.29, 1.82) is 0 Å². The van der Waals surface area contributed by atoms with E-state index in [0.717, 1.165) is 30.8 Å². The zero-order chi connectivity index (χ0) is 17.4. The molecule has 1 amide bonds. The molecule has 0 unspecified atom stereocenters. The van der Waals surface area contributed by atoms with Crippen LogP contribution in [-0.2, 0) is 17.6 Å². The Labute approximate surface area is 147 Å². The minimum absolute atomic E-state index is 0.0821. The number of nitrogens with two attached hydrogens (primary N) is 1. The van der Waals surface area contributed by atoms with E-state index in [1.807, 2.05) is 12.1 Å². The third-order valence-corrected chi connectivity index (χ3v) is 4.54. The molecule has 130 valence electrons. The molecule has 0 aliphatic heterocycles. The summed E-state index contributed by atoms with van der Waals surface area (Å²) in [7, 11) is 0. The Kier molecular flexibility index (Phi) is 7.11. The number of benzene rings is 1. The van der Waals surface area contributed by atoms with Gasteiger partial charge in [-0.2, -0.15) is 0 Å². The highest BCUT2D eigenvalue weighted by Crippen LogP contribution is 2.16. The summed E-state index contributed by atoms with van der Waals surface area (Å²) in [5, 5.41) is 11.5. The summed E-state index contributed by atoms with van der Waals surface area (Å²) in [5.74, 6) is 6.83. The molecule has 0 saturated carbocycles. The number of aryl methyl sites for hydroxylation is 2. The Morgan fingerprint density at radius 2 is 1.92 bits per heavy atom. The lowest BCUT2D eigenvalue weighted by atomic mass is 10.1. The van der Waals surface area contributed by atoms with Gasteiger partial charge in [0.2, 0.25) is 11.1 Å². The third-order valence-electron chi connectivity index (χ3n) is 3.60. The molecular formula is C17H25N5OS. The van der Waals surface area contributed by atoms with Crippen molar-refractivity contribution in [2.24, 2.45) is 0 Å². The van der Waals surface area contributed by atoms with Gasteiger partial charge in [-0.25, -0.2) is 4.68 Å². The number of carbonyl (C=O) groups is 1. The number of carbonyl (C=O) groups excluding carboxylic acids is 1. The Balaban J connectivity index is 1.82. The summed E-state index contributed by atoms with van der Waals surface area (Å²) in [5.41, 5.74) is 2.10. The molecule has 0 atom stereocenters. The van der Waals surface area contributed by atoms with Crippen molar-refractivity contribution in [3.63, 3.8) is 0 Å². The molecule has 7 heteroatoms. The molecule has 1 aromatic carbocycles. The van der Waals surface area contributed by atoms with Gasteiger partial charge in [-0.15, -0.1) is 10.2 Å². The maximum Gasteiger partial charge on any atom is 0.234 e. The van der Waals surface area contributed by atoms with E-state index in [1.54, 1.807) is 0 Å². The number of amides is 1. The highest BCUT2D eigenvalue weighted by molar-refractivity contribution is 7.99. The van der Waals surface area contributed by atoms with Crippen molar-refractivity contribution in [2.45, 2.75) is 51.1 Å². The Hall–Kier alpha value is -2.02. The zero-order valence-electron chi connectivity index (χ0n) is 14.3. The van der Waals surface area contributed by atoms with Gasteiger partial charge in [-0.3, -0.25) is 4.79 Å². The van der Waals surface area contributed by atoms with E-state index < -0.39 is 0 Å². The van der Waals surface area contributed by atoms with Gasteiger partial charge < -0.3 is 11.2 Å². The molecule has 0 bridgehead atoms. The van der Waals surface area contributed by atoms with Gasteiger partial charge >= 0.3 is 0 Å². The number of rotatable bonds is 9. The topological polar surface area (TPSA) is 85.8 Å². The quantitative estimate of drug-likeness (QED) is 0.538. The number of aromatic nitrogens is 3. The van der Waals surface area contributed by atoms with Crippen LogP contribution in [-0.4, -0.2) is 26.5 Å².